The normalized spacial score (nSPS) is 16.4. The molecule has 2 aliphatic heterocycles. The van der Waals surface area contributed by atoms with E-state index in [1.165, 1.54) is 16.8 Å². The molecule has 8 nitrogen and oxygen atoms in total. The van der Waals surface area contributed by atoms with Crippen molar-refractivity contribution < 1.29 is 19.0 Å². The van der Waals surface area contributed by atoms with Crippen molar-refractivity contribution in [1.82, 2.24) is 5.01 Å². The summed E-state index contributed by atoms with van der Waals surface area (Å²) < 4.78 is 17.6. The van der Waals surface area contributed by atoms with Crippen LogP contribution in [0.1, 0.15) is 30.5 Å². The van der Waals surface area contributed by atoms with Crippen LogP contribution in [0.25, 0.3) is 6.08 Å². The third-order valence-corrected chi connectivity index (χ3v) is 5.95. The molecule has 2 aliphatic rings. The first kappa shape index (κ1) is 23.6. The van der Waals surface area contributed by atoms with E-state index < -0.39 is 5.91 Å². The number of aliphatic imine (C=N–C) groups is 1. The highest BCUT2D eigenvalue weighted by molar-refractivity contribution is 8.26. The Bertz CT molecular complexity index is 1220. The molecular weight excluding hydrogens is 452 g/mol. The molecule has 0 fully saturated rings. The Morgan fingerprint density at radius 2 is 1.76 bits per heavy atom. The summed E-state index contributed by atoms with van der Waals surface area (Å²) in [5.41, 5.74) is 3.03. The molecule has 0 saturated carbocycles. The fourth-order valence-corrected chi connectivity index (χ4v) is 4.31. The summed E-state index contributed by atoms with van der Waals surface area (Å²) in [6.07, 6.45) is 1.62. The third kappa shape index (κ3) is 4.99. The summed E-state index contributed by atoms with van der Waals surface area (Å²) in [5, 5.41) is 15.2. The van der Waals surface area contributed by atoms with Crippen molar-refractivity contribution in [2.45, 2.75) is 27.7 Å². The molecule has 34 heavy (non-hydrogen) atoms. The maximum absolute atomic E-state index is 12.5. The van der Waals surface area contributed by atoms with Crippen LogP contribution in [0.4, 0.5) is 0 Å². The van der Waals surface area contributed by atoms with Crippen LogP contribution in [0.3, 0.4) is 0 Å². The maximum Gasteiger partial charge on any atom is 0.283 e. The van der Waals surface area contributed by atoms with E-state index in [1.807, 2.05) is 52.0 Å². The molecule has 0 aromatic heterocycles. The lowest BCUT2D eigenvalue weighted by molar-refractivity contribution is -0.114. The van der Waals surface area contributed by atoms with E-state index in [4.69, 9.17) is 19.6 Å². The minimum absolute atomic E-state index is 0.00119. The van der Waals surface area contributed by atoms with E-state index in [0.29, 0.717) is 42.1 Å². The van der Waals surface area contributed by atoms with Crippen molar-refractivity contribution in [3.05, 3.63) is 58.7 Å². The van der Waals surface area contributed by atoms with Crippen LogP contribution in [0.5, 0.6) is 17.2 Å². The molecule has 2 aromatic carbocycles. The summed E-state index contributed by atoms with van der Waals surface area (Å²) >= 11 is 1.28. The van der Waals surface area contributed by atoms with Crippen LogP contribution in [0, 0.1) is 19.3 Å². The minimum Gasteiger partial charge on any atom is -0.490 e. The van der Waals surface area contributed by atoms with E-state index in [9.17, 15) is 4.79 Å². The van der Waals surface area contributed by atoms with Gasteiger partial charge in [-0.3, -0.25) is 10.2 Å². The molecule has 4 rings (SSSR count). The maximum atomic E-state index is 12.5. The van der Waals surface area contributed by atoms with Gasteiger partial charge in [-0.1, -0.05) is 24.3 Å². The van der Waals surface area contributed by atoms with Crippen molar-refractivity contribution >= 4 is 39.8 Å². The molecule has 0 aliphatic carbocycles. The monoisotopic (exact) mass is 478 g/mol. The highest BCUT2D eigenvalue weighted by Crippen LogP contribution is 2.32. The highest BCUT2D eigenvalue weighted by atomic mass is 32.2. The Morgan fingerprint density at radius 3 is 2.50 bits per heavy atom. The van der Waals surface area contributed by atoms with Gasteiger partial charge in [-0.25, -0.2) is 0 Å². The number of thioether (sulfide) groups is 1. The first-order valence-electron chi connectivity index (χ1n) is 10.9. The number of carbonyl (C=O) groups is 1. The highest BCUT2D eigenvalue weighted by Gasteiger charge is 2.34. The van der Waals surface area contributed by atoms with Crippen molar-refractivity contribution in [3.63, 3.8) is 0 Å². The van der Waals surface area contributed by atoms with Crippen LogP contribution in [-0.2, 0) is 4.79 Å². The molecule has 1 amide bonds. The van der Waals surface area contributed by atoms with Gasteiger partial charge in [-0.2, -0.15) is 15.1 Å². The Hall–Kier alpha value is -3.59. The van der Waals surface area contributed by atoms with Gasteiger partial charge in [0.15, 0.2) is 17.3 Å². The lowest BCUT2D eigenvalue weighted by Crippen LogP contribution is -2.35. The molecule has 0 atom stereocenters. The van der Waals surface area contributed by atoms with Crippen LogP contribution in [0.15, 0.2) is 52.1 Å². The number of ether oxygens (including phenoxy) is 3. The number of fused-ring (bicyclic) bond motifs is 1. The topological polar surface area (TPSA) is 96.6 Å². The minimum atomic E-state index is -0.462. The first-order chi connectivity index (χ1) is 16.4. The fraction of sp³-hybridized carbons (Fsp3) is 0.280. The number of nitrogens with zero attached hydrogens (tertiary/aromatic N) is 3. The van der Waals surface area contributed by atoms with Gasteiger partial charge < -0.3 is 14.2 Å². The SMILES string of the molecule is CCOc1cc(/C=C2/C(=N)N3N=C(C)SC3=NC2=O)ccc1OCCOc1c(C)cccc1C. The molecule has 2 heterocycles. The molecular formula is C25H26N4O4S. The zero-order valence-corrected chi connectivity index (χ0v) is 20.4. The number of para-hydroxylation sites is 1. The molecule has 0 bridgehead atoms. The summed E-state index contributed by atoms with van der Waals surface area (Å²) in [6, 6.07) is 11.4. The van der Waals surface area contributed by atoms with Gasteiger partial charge in [0.05, 0.1) is 17.2 Å². The number of amidine groups is 2. The predicted molar refractivity (Wildman–Crippen MR) is 135 cm³/mol. The van der Waals surface area contributed by atoms with Crippen LogP contribution >= 0.6 is 11.8 Å². The zero-order chi connectivity index (χ0) is 24.2. The molecule has 0 spiro atoms. The lowest BCUT2D eigenvalue weighted by Gasteiger charge is -2.20. The largest absolute Gasteiger partial charge is 0.490 e. The number of rotatable bonds is 8. The number of hydrazone groups is 1. The molecule has 2 aromatic rings. The summed E-state index contributed by atoms with van der Waals surface area (Å²) in [7, 11) is 0. The Labute approximate surface area is 202 Å². The quantitative estimate of drug-likeness (QED) is 0.432. The van der Waals surface area contributed by atoms with Gasteiger partial charge in [-0.05, 0) is 74.4 Å². The average molecular weight is 479 g/mol. The third-order valence-electron chi connectivity index (χ3n) is 5.13. The Balaban J connectivity index is 1.47. The number of benzene rings is 2. The summed E-state index contributed by atoms with van der Waals surface area (Å²) in [4.78, 5) is 16.6. The second-order valence-electron chi connectivity index (χ2n) is 7.70. The number of carbonyl (C=O) groups excluding carboxylic acids is 1. The lowest BCUT2D eigenvalue weighted by atomic mass is 10.1. The Morgan fingerprint density at radius 1 is 1.03 bits per heavy atom. The van der Waals surface area contributed by atoms with E-state index >= 15 is 0 Å². The number of nitrogens with one attached hydrogen (secondary N) is 1. The van der Waals surface area contributed by atoms with Crippen LogP contribution in [-0.4, -0.2) is 46.8 Å². The average Bonchev–Trinajstić information content (AvgIpc) is 3.17. The number of amides is 1. The van der Waals surface area contributed by atoms with E-state index in [1.54, 1.807) is 18.2 Å². The van der Waals surface area contributed by atoms with Crippen LogP contribution in [0.2, 0.25) is 0 Å². The van der Waals surface area contributed by atoms with E-state index in [-0.39, 0.29) is 11.4 Å². The standard InChI is InChI=1S/C25H26N4O4S/c1-5-31-21-14-18(13-19-23(26)29-25(27-24(19)30)34-17(4)28-29)9-10-20(21)32-11-12-33-22-15(2)7-6-8-16(22)3/h6-10,13-14,26H,5,11-12H2,1-4H3/b19-13-,26-23?. The van der Waals surface area contributed by atoms with Crippen LogP contribution < -0.4 is 14.2 Å². The second kappa shape index (κ2) is 10.1. The van der Waals surface area contributed by atoms with Gasteiger partial charge in [0.1, 0.15) is 19.0 Å². The van der Waals surface area contributed by atoms with Gasteiger partial charge in [0.25, 0.3) is 5.91 Å². The number of hydrogen-bond donors (Lipinski definition) is 1. The summed E-state index contributed by atoms with van der Waals surface area (Å²) in [6.45, 7) is 8.93. The van der Waals surface area contributed by atoms with E-state index in [2.05, 4.69) is 10.1 Å². The molecule has 0 saturated heterocycles. The number of hydrogen-bond acceptors (Lipinski definition) is 7. The molecule has 0 unspecified atom stereocenters. The molecule has 9 heteroatoms. The number of aryl methyl sites for hydroxylation is 2. The van der Waals surface area contributed by atoms with Gasteiger partial charge in [0, 0.05) is 0 Å². The van der Waals surface area contributed by atoms with Crippen molar-refractivity contribution in [2.75, 3.05) is 19.8 Å². The summed E-state index contributed by atoms with van der Waals surface area (Å²) in [5.74, 6) is 1.54. The van der Waals surface area contributed by atoms with Gasteiger partial charge in [-0.15, -0.1) is 0 Å². The van der Waals surface area contributed by atoms with Gasteiger partial charge >= 0.3 is 0 Å². The molecule has 1 N–H and O–H groups in total. The smallest absolute Gasteiger partial charge is 0.283 e. The van der Waals surface area contributed by atoms with Gasteiger partial charge in [0.2, 0.25) is 5.17 Å². The van der Waals surface area contributed by atoms with E-state index in [0.717, 1.165) is 21.9 Å². The Kier molecular flexibility index (Phi) is 7.02. The predicted octanol–water partition coefficient (Wildman–Crippen LogP) is 4.80. The second-order valence-corrected chi connectivity index (χ2v) is 8.86. The fourth-order valence-electron chi connectivity index (χ4n) is 3.58. The van der Waals surface area contributed by atoms with Crippen molar-refractivity contribution in [3.8, 4) is 17.2 Å². The molecule has 176 valence electrons. The van der Waals surface area contributed by atoms with Crippen molar-refractivity contribution in [2.24, 2.45) is 10.1 Å². The first-order valence-corrected chi connectivity index (χ1v) is 11.7. The zero-order valence-electron chi connectivity index (χ0n) is 19.5. The van der Waals surface area contributed by atoms with Crippen molar-refractivity contribution in [1.29, 1.82) is 5.41 Å². The molecule has 0 radical (unpaired) electrons.